The van der Waals surface area contributed by atoms with Crippen LogP contribution in [0.1, 0.15) is 77.3 Å². The number of benzene rings is 1. The number of hydrogen-bond donors (Lipinski definition) is 0. The van der Waals surface area contributed by atoms with E-state index < -0.39 is 21.7 Å². The van der Waals surface area contributed by atoms with E-state index in [0.717, 1.165) is 62.3 Å². The summed E-state index contributed by atoms with van der Waals surface area (Å²) in [7, 11) is -1.44. The summed E-state index contributed by atoms with van der Waals surface area (Å²) >= 11 is 0. The molecule has 9 nitrogen and oxygen atoms in total. The van der Waals surface area contributed by atoms with Gasteiger partial charge in [-0.15, -0.1) is 0 Å². The molecule has 0 saturated carbocycles. The number of nitrogens with zero attached hydrogens (tertiary/aromatic N) is 5. The van der Waals surface area contributed by atoms with Gasteiger partial charge < -0.3 is 14.2 Å². The summed E-state index contributed by atoms with van der Waals surface area (Å²) in [5.41, 5.74) is 1.23. The summed E-state index contributed by atoms with van der Waals surface area (Å²) in [5.74, 6) is 0.758. The number of aromatic nitrogens is 2. The molecular weight excluding hydrogens is 514 g/mol. The van der Waals surface area contributed by atoms with Gasteiger partial charge in [0.1, 0.15) is 11.4 Å². The van der Waals surface area contributed by atoms with Crippen molar-refractivity contribution in [2.45, 2.75) is 85.5 Å². The Hall–Kier alpha value is -2.43. The summed E-state index contributed by atoms with van der Waals surface area (Å²) in [5, 5.41) is 0. The van der Waals surface area contributed by atoms with Gasteiger partial charge in [0.05, 0.1) is 12.8 Å². The highest BCUT2D eigenvalue weighted by atomic mass is 32.2. The molecule has 0 saturated heterocycles. The van der Waals surface area contributed by atoms with Crippen LogP contribution in [0.15, 0.2) is 36.7 Å². The van der Waals surface area contributed by atoms with E-state index in [1.807, 2.05) is 62.8 Å². The number of unbranched alkanes of at least 4 members (excludes halogenated alkanes) is 1. The van der Waals surface area contributed by atoms with Crippen LogP contribution in [0.25, 0.3) is 0 Å². The van der Waals surface area contributed by atoms with Crippen molar-refractivity contribution in [3.8, 4) is 0 Å². The van der Waals surface area contributed by atoms with Crippen LogP contribution in [0.4, 0.5) is 4.79 Å². The first-order valence-corrected chi connectivity index (χ1v) is 15.9. The van der Waals surface area contributed by atoms with E-state index in [1.165, 1.54) is 6.26 Å². The summed E-state index contributed by atoms with van der Waals surface area (Å²) in [6.07, 6.45) is 8.48. The molecule has 10 heteroatoms. The Bertz CT molecular complexity index is 1100. The lowest BCUT2D eigenvalue weighted by Gasteiger charge is -2.27. The van der Waals surface area contributed by atoms with E-state index in [0.29, 0.717) is 26.2 Å². The molecule has 0 aliphatic carbocycles. The number of rotatable bonds is 16. The molecule has 1 amide bonds. The first-order valence-electron chi connectivity index (χ1n) is 14.0. The molecule has 0 spiro atoms. The van der Waals surface area contributed by atoms with Gasteiger partial charge in [-0.25, -0.2) is 18.2 Å². The average Bonchev–Trinajstić information content (AvgIpc) is 3.24. The van der Waals surface area contributed by atoms with E-state index in [1.54, 1.807) is 15.4 Å². The van der Waals surface area contributed by atoms with Crippen molar-refractivity contribution in [1.29, 1.82) is 0 Å². The van der Waals surface area contributed by atoms with Crippen LogP contribution in [0.3, 0.4) is 0 Å². The highest BCUT2D eigenvalue weighted by molar-refractivity contribution is 7.88. The highest BCUT2D eigenvalue weighted by Gasteiger charge is 2.24. The first-order chi connectivity index (χ1) is 18.3. The second kappa shape index (κ2) is 15.4. The molecule has 1 heterocycles. The summed E-state index contributed by atoms with van der Waals surface area (Å²) in [6.45, 7) is 14.6. The molecule has 0 unspecified atom stereocenters. The third-order valence-corrected chi connectivity index (χ3v) is 7.59. The first kappa shape index (κ1) is 32.8. The molecule has 0 bridgehead atoms. The lowest BCUT2D eigenvalue weighted by atomic mass is 10.1. The minimum absolute atomic E-state index is 0.315. The fourth-order valence-corrected chi connectivity index (χ4v) is 5.20. The molecule has 2 rings (SSSR count). The fraction of sp³-hybridized carbons (Fsp3) is 0.655. The normalized spacial score (nSPS) is 12.3. The molecule has 0 aliphatic rings. The average molecular weight is 564 g/mol. The van der Waals surface area contributed by atoms with Crippen molar-refractivity contribution in [2.75, 3.05) is 32.4 Å². The number of hydrogen-bond acceptors (Lipinski definition) is 6. The zero-order valence-electron chi connectivity index (χ0n) is 25.0. The predicted octanol–water partition coefficient (Wildman–Crippen LogP) is 5.02. The number of sulfonamides is 1. The van der Waals surface area contributed by atoms with E-state index in [4.69, 9.17) is 4.74 Å². The van der Waals surface area contributed by atoms with Gasteiger partial charge in [-0.3, -0.25) is 4.90 Å². The highest BCUT2D eigenvalue weighted by Crippen LogP contribution is 2.17. The quantitative estimate of drug-likeness (QED) is 0.267. The van der Waals surface area contributed by atoms with Gasteiger partial charge in [-0.05, 0) is 77.2 Å². The smallest absolute Gasteiger partial charge is 0.410 e. The van der Waals surface area contributed by atoms with E-state index in [9.17, 15) is 13.2 Å². The van der Waals surface area contributed by atoms with Gasteiger partial charge >= 0.3 is 6.09 Å². The summed E-state index contributed by atoms with van der Waals surface area (Å²) in [6, 6.07) is 7.76. The molecule has 0 atom stereocenters. The number of ether oxygens (including phenoxy) is 1. The summed E-state index contributed by atoms with van der Waals surface area (Å²) < 4.78 is 34.1. The Balaban J connectivity index is 2.04. The Morgan fingerprint density at radius 3 is 1.97 bits per heavy atom. The fourth-order valence-electron chi connectivity index (χ4n) is 4.36. The standard InChI is InChI=1S/C29H49N5O4S/c1-8-17-32(18-9-2)19-10-11-20-34(39(7,36)37)23-26-14-12-25(13-15-26)22-33(28(35)38-29(3,4)5)24-27-30-16-21-31(27)6/h12-16,21H,8-11,17-20,22-24H2,1-7H3. The topological polar surface area (TPSA) is 88.0 Å². The van der Waals surface area contributed by atoms with Gasteiger partial charge in [-0.2, -0.15) is 4.31 Å². The van der Waals surface area contributed by atoms with Crippen LogP contribution in [0.5, 0.6) is 0 Å². The lowest BCUT2D eigenvalue weighted by molar-refractivity contribution is 0.0210. The third kappa shape index (κ3) is 12.1. The summed E-state index contributed by atoms with van der Waals surface area (Å²) in [4.78, 5) is 21.4. The Morgan fingerprint density at radius 1 is 0.923 bits per heavy atom. The number of carbonyl (C=O) groups is 1. The van der Waals surface area contributed by atoms with Gasteiger partial charge in [0, 0.05) is 39.1 Å². The SMILES string of the molecule is CCCN(CCC)CCCCN(Cc1ccc(CN(Cc2nccn2C)C(=O)OC(C)(C)C)cc1)S(C)(=O)=O. The van der Waals surface area contributed by atoms with Crippen LogP contribution in [0.2, 0.25) is 0 Å². The van der Waals surface area contributed by atoms with Crippen LogP contribution in [-0.4, -0.2) is 76.2 Å². The molecule has 39 heavy (non-hydrogen) atoms. The molecule has 0 radical (unpaired) electrons. The number of aryl methyl sites for hydroxylation is 1. The minimum Gasteiger partial charge on any atom is -0.444 e. The zero-order chi connectivity index (χ0) is 29.1. The Kier molecular flexibility index (Phi) is 12.9. The zero-order valence-corrected chi connectivity index (χ0v) is 25.8. The Labute approximate surface area is 236 Å². The maximum atomic E-state index is 13.0. The van der Waals surface area contributed by atoms with Gasteiger partial charge in [-0.1, -0.05) is 38.1 Å². The molecular formula is C29H49N5O4S. The maximum Gasteiger partial charge on any atom is 0.410 e. The van der Waals surface area contributed by atoms with E-state index >= 15 is 0 Å². The van der Waals surface area contributed by atoms with Crippen molar-refractivity contribution in [3.05, 3.63) is 53.6 Å². The van der Waals surface area contributed by atoms with Crippen LogP contribution in [0, 0.1) is 0 Å². The van der Waals surface area contributed by atoms with Crippen LogP contribution in [-0.2, 0) is 41.4 Å². The van der Waals surface area contributed by atoms with Gasteiger partial charge in [0.2, 0.25) is 10.0 Å². The van der Waals surface area contributed by atoms with Crippen molar-refractivity contribution >= 4 is 16.1 Å². The molecule has 0 aliphatic heterocycles. The van der Waals surface area contributed by atoms with Crippen LogP contribution >= 0.6 is 0 Å². The lowest BCUT2D eigenvalue weighted by Crippen LogP contribution is -2.36. The van der Waals surface area contributed by atoms with E-state index in [-0.39, 0.29) is 0 Å². The number of imidazole rings is 1. The van der Waals surface area contributed by atoms with Crippen molar-refractivity contribution in [3.63, 3.8) is 0 Å². The van der Waals surface area contributed by atoms with Crippen molar-refractivity contribution in [2.24, 2.45) is 7.05 Å². The molecule has 1 aromatic carbocycles. The largest absolute Gasteiger partial charge is 0.444 e. The van der Waals surface area contributed by atoms with Gasteiger partial charge in [0.15, 0.2) is 0 Å². The van der Waals surface area contributed by atoms with E-state index in [2.05, 4.69) is 23.7 Å². The molecule has 220 valence electrons. The van der Waals surface area contributed by atoms with Gasteiger partial charge in [0.25, 0.3) is 0 Å². The number of carbonyl (C=O) groups excluding carboxylic acids is 1. The van der Waals surface area contributed by atoms with Crippen molar-refractivity contribution in [1.82, 2.24) is 23.7 Å². The molecule has 0 fully saturated rings. The minimum atomic E-state index is -3.33. The van der Waals surface area contributed by atoms with Crippen molar-refractivity contribution < 1.29 is 17.9 Å². The maximum absolute atomic E-state index is 13.0. The Morgan fingerprint density at radius 2 is 1.49 bits per heavy atom. The predicted molar refractivity (Wildman–Crippen MR) is 157 cm³/mol. The second-order valence-electron chi connectivity index (χ2n) is 11.3. The monoisotopic (exact) mass is 563 g/mol. The second-order valence-corrected chi connectivity index (χ2v) is 13.2. The third-order valence-electron chi connectivity index (χ3n) is 6.34. The molecule has 0 N–H and O–H groups in total. The van der Waals surface area contributed by atoms with Crippen LogP contribution < -0.4 is 0 Å². The molecule has 1 aromatic heterocycles. The molecule has 2 aromatic rings. The number of amides is 1.